The van der Waals surface area contributed by atoms with Crippen LogP contribution < -0.4 is 10.6 Å². The molecule has 30 heavy (non-hydrogen) atoms. The van der Waals surface area contributed by atoms with Crippen LogP contribution in [0.1, 0.15) is 49.8 Å². The maximum absolute atomic E-state index is 4.79. The molecule has 2 aliphatic rings. The van der Waals surface area contributed by atoms with Crippen molar-refractivity contribution in [3.05, 3.63) is 47.5 Å². The molecular formula is C22H34IN7. The molecule has 7 nitrogen and oxygen atoms in total. The van der Waals surface area contributed by atoms with Gasteiger partial charge in [-0.1, -0.05) is 30.3 Å². The van der Waals surface area contributed by atoms with Gasteiger partial charge in [0.05, 0.1) is 0 Å². The lowest BCUT2D eigenvalue weighted by molar-refractivity contribution is 0.245. The molecule has 8 heteroatoms. The van der Waals surface area contributed by atoms with E-state index in [1.165, 1.54) is 37.8 Å². The predicted molar refractivity (Wildman–Crippen MR) is 131 cm³/mol. The van der Waals surface area contributed by atoms with Gasteiger partial charge in [0.1, 0.15) is 12.4 Å². The summed E-state index contributed by atoms with van der Waals surface area (Å²) in [5.74, 6) is 2.96. The maximum Gasteiger partial charge on any atom is 0.191 e. The zero-order valence-electron chi connectivity index (χ0n) is 17.9. The second kappa shape index (κ2) is 11.6. The molecule has 2 N–H and O–H groups in total. The van der Waals surface area contributed by atoms with Crippen molar-refractivity contribution in [2.75, 3.05) is 19.6 Å². The monoisotopic (exact) mass is 523 g/mol. The van der Waals surface area contributed by atoms with Gasteiger partial charge in [-0.25, -0.2) is 4.99 Å². The molecule has 1 saturated heterocycles. The van der Waals surface area contributed by atoms with Crippen molar-refractivity contribution in [2.45, 2.75) is 64.7 Å². The number of fused-ring (bicyclic) bond motifs is 1. The molecule has 1 fully saturated rings. The van der Waals surface area contributed by atoms with Crippen molar-refractivity contribution < 1.29 is 0 Å². The molecule has 0 radical (unpaired) electrons. The Kier molecular flexibility index (Phi) is 8.92. The molecule has 1 aromatic carbocycles. The van der Waals surface area contributed by atoms with E-state index in [1.807, 2.05) is 0 Å². The minimum atomic E-state index is 0. The highest BCUT2D eigenvalue weighted by atomic mass is 127. The van der Waals surface area contributed by atoms with E-state index in [1.54, 1.807) is 0 Å². The molecule has 2 aromatic rings. The first-order chi connectivity index (χ1) is 14.3. The number of nitrogens with zero attached hydrogens (tertiary/aromatic N) is 5. The summed E-state index contributed by atoms with van der Waals surface area (Å²) in [5.41, 5.74) is 1.39. The molecule has 0 bridgehead atoms. The summed E-state index contributed by atoms with van der Waals surface area (Å²) < 4.78 is 2.25. The third-order valence-corrected chi connectivity index (χ3v) is 5.89. The summed E-state index contributed by atoms with van der Waals surface area (Å²) in [7, 11) is 0. The minimum absolute atomic E-state index is 0. The van der Waals surface area contributed by atoms with Gasteiger partial charge < -0.3 is 15.2 Å². The highest BCUT2D eigenvalue weighted by molar-refractivity contribution is 14.0. The van der Waals surface area contributed by atoms with Gasteiger partial charge in [-0.15, -0.1) is 34.2 Å². The van der Waals surface area contributed by atoms with Crippen molar-refractivity contribution in [3.63, 3.8) is 0 Å². The summed E-state index contributed by atoms with van der Waals surface area (Å²) >= 11 is 0. The van der Waals surface area contributed by atoms with E-state index < -0.39 is 0 Å². The summed E-state index contributed by atoms with van der Waals surface area (Å²) in [4.78, 5) is 7.37. The molecule has 0 amide bonds. The SMILES string of the molecule is CCNC(=NCc1nnc2n1CCCC2)NCC1CCCN1Cc1ccccc1.I. The van der Waals surface area contributed by atoms with Crippen LogP contribution in [-0.4, -0.2) is 51.3 Å². The van der Waals surface area contributed by atoms with Gasteiger partial charge in [0.25, 0.3) is 0 Å². The van der Waals surface area contributed by atoms with Gasteiger partial charge in [0.15, 0.2) is 11.8 Å². The number of benzene rings is 1. The van der Waals surface area contributed by atoms with Crippen LogP contribution in [0.2, 0.25) is 0 Å². The summed E-state index contributed by atoms with van der Waals surface area (Å²) in [6.45, 7) is 7.65. The van der Waals surface area contributed by atoms with Crippen LogP contribution in [0, 0.1) is 0 Å². The van der Waals surface area contributed by atoms with Crippen LogP contribution in [0.4, 0.5) is 0 Å². The molecule has 4 rings (SSSR count). The summed E-state index contributed by atoms with van der Waals surface area (Å²) in [5, 5.41) is 15.6. The Morgan fingerprint density at radius 3 is 2.80 bits per heavy atom. The first-order valence-electron chi connectivity index (χ1n) is 11.0. The van der Waals surface area contributed by atoms with Crippen LogP contribution >= 0.6 is 24.0 Å². The Hall–Kier alpha value is -1.68. The zero-order chi connectivity index (χ0) is 19.9. The second-order valence-electron chi connectivity index (χ2n) is 7.97. The smallest absolute Gasteiger partial charge is 0.191 e. The lowest BCUT2D eigenvalue weighted by atomic mass is 10.2. The molecule has 164 valence electrons. The van der Waals surface area contributed by atoms with E-state index in [9.17, 15) is 0 Å². The third-order valence-electron chi connectivity index (χ3n) is 5.89. The van der Waals surface area contributed by atoms with Crippen molar-refractivity contribution in [1.82, 2.24) is 30.3 Å². The topological polar surface area (TPSA) is 70.4 Å². The van der Waals surface area contributed by atoms with Crippen LogP contribution in [0.15, 0.2) is 35.3 Å². The lowest BCUT2D eigenvalue weighted by Gasteiger charge is -2.25. The number of nitrogens with one attached hydrogen (secondary N) is 2. The van der Waals surface area contributed by atoms with E-state index in [-0.39, 0.29) is 24.0 Å². The van der Waals surface area contributed by atoms with E-state index in [4.69, 9.17) is 4.99 Å². The Morgan fingerprint density at radius 2 is 1.97 bits per heavy atom. The molecule has 1 atom stereocenters. The van der Waals surface area contributed by atoms with Crippen molar-refractivity contribution in [1.29, 1.82) is 0 Å². The summed E-state index contributed by atoms with van der Waals surface area (Å²) in [6.07, 6.45) is 5.95. The Labute approximate surface area is 196 Å². The molecule has 1 aromatic heterocycles. The minimum Gasteiger partial charge on any atom is -0.357 e. The average molecular weight is 523 g/mol. The van der Waals surface area contributed by atoms with E-state index in [2.05, 4.69) is 67.6 Å². The fourth-order valence-corrected chi connectivity index (χ4v) is 4.34. The molecule has 0 spiro atoms. The maximum atomic E-state index is 4.79. The van der Waals surface area contributed by atoms with Gasteiger partial charge >= 0.3 is 0 Å². The zero-order valence-corrected chi connectivity index (χ0v) is 20.2. The highest BCUT2D eigenvalue weighted by Crippen LogP contribution is 2.19. The Morgan fingerprint density at radius 1 is 1.10 bits per heavy atom. The summed E-state index contributed by atoms with van der Waals surface area (Å²) in [6, 6.07) is 11.3. The van der Waals surface area contributed by atoms with Gasteiger partial charge in [0, 0.05) is 38.6 Å². The molecule has 0 aliphatic carbocycles. The first kappa shape index (κ1) is 23.0. The number of aryl methyl sites for hydroxylation is 1. The largest absolute Gasteiger partial charge is 0.357 e. The molecule has 3 heterocycles. The average Bonchev–Trinajstić information content (AvgIpc) is 3.37. The van der Waals surface area contributed by atoms with Crippen molar-refractivity contribution in [3.8, 4) is 0 Å². The number of aliphatic imine (C=N–C) groups is 1. The van der Waals surface area contributed by atoms with E-state index in [0.717, 1.165) is 50.2 Å². The first-order valence-corrected chi connectivity index (χ1v) is 11.0. The van der Waals surface area contributed by atoms with Gasteiger partial charge in [0.2, 0.25) is 0 Å². The fourth-order valence-electron chi connectivity index (χ4n) is 4.34. The van der Waals surface area contributed by atoms with Crippen LogP contribution in [-0.2, 0) is 26.1 Å². The van der Waals surface area contributed by atoms with Crippen LogP contribution in [0.5, 0.6) is 0 Å². The molecule has 0 saturated carbocycles. The fraction of sp³-hybridized carbons (Fsp3) is 0.591. The standard InChI is InChI=1S/C22H33N7.HI/c1-2-23-22(25-16-21-27-26-20-12-6-7-14-29(20)21)24-15-19-11-8-13-28(19)17-18-9-4-3-5-10-18;/h3-5,9-10,19H,2,6-8,11-17H2,1H3,(H2,23,24,25);1H. The van der Waals surface area contributed by atoms with Gasteiger partial charge in [-0.3, -0.25) is 4.90 Å². The quantitative estimate of drug-likeness (QED) is 0.332. The molecule has 2 aliphatic heterocycles. The second-order valence-corrected chi connectivity index (χ2v) is 7.97. The molecule has 1 unspecified atom stereocenters. The number of hydrogen-bond acceptors (Lipinski definition) is 4. The number of rotatable bonds is 7. The number of halogens is 1. The van der Waals surface area contributed by atoms with Crippen molar-refractivity contribution >= 4 is 29.9 Å². The normalized spacial score (nSPS) is 19.2. The van der Waals surface area contributed by atoms with E-state index >= 15 is 0 Å². The Bertz CT molecular complexity index is 805. The third kappa shape index (κ3) is 5.94. The highest BCUT2D eigenvalue weighted by Gasteiger charge is 2.24. The van der Waals surface area contributed by atoms with E-state index in [0.29, 0.717) is 12.6 Å². The van der Waals surface area contributed by atoms with Crippen LogP contribution in [0.25, 0.3) is 0 Å². The number of guanidine groups is 1. The van der Waals surface area contributed by atoms with Crippen LogP contribution in [0.3, 0.4) is 0 Å². The van der Waals surface area contributed by atoms with Crippen molar-refractivity contribution in [2.24, 2.45) is 4.99 Å². The Balaban J connectivity index is 0.00000256. The lowest BCUT2D eigenvalue weighted by Crippen LogP contribution is -2.44. The number of likely N-dealkylation sites (tertiary alicyclic amines) is 1. The predicted octanol–water partition coefficient (Wildman–Crippen LogP) is 2.95. The number of hydrogen-bond donors (Lipinski definition) is 2. The number of aromatic nitrogens is 3. The van der Waals surface area contributed by atoms with Gasteiger partial charge in [-0.05, 0) is 44.7 Å². The molecular weight excluding hydrogens is 489 g/mol. The van der Waals surface area contributed by atoms with Gasteiger partial charge in [-0.2, -0.15) is 0 Å².